The van der Waals surface area contributed by atoms with Crippen LogP contribution in [0.3, 0.4) is 0 Å². The predicted molar refractivity (Wildman–Crippen MR) is 81.4 cm³/mol. The van der Waals surface area contributed by atoms with Gasteiger partial charge < -0.3 is 9.63 Å². The third-order valence-electron chi connectivity index (χ3n) is 5.41. The molecule has 3 fully saturated rings. The summed E-state index contributed by atoms with van der Waals surface area (Å²) in [6.07, 6.45) is 7.24. The van der Waals surface area contributed by atoms with Gasteiger partial charge in [0.1, 0.15) is 0 Å². The Bertz CT molecular complexity index is 502. The van der Waals surface area contributed by atoms with E-state index >= 15 is 0 Å². The van der Waals surface area contributed by atoms with Crippen molar-refractivity contribution in [2.45, 2.75) is 63.1 Å². The SMILES string of the molecule is OC[C@@H]1CCCN1C[C@@H]1CCCN1Cc1noc(C2CC2)n1. The van der Waals surface area contributed by atoms with E-state index in [1.807, 2.05) is 0 Å². The molecule has 1 aromatic heterocycles. The second-order valence-corrected chi connectivity index (χ2v) is 7.06. The predicted octanol–water partition coefficient (Wildman–Crippen LogP) is 1.37. The fraction of sp³-hybridized carbons (Fsp3) is 0.875. The number of hydrogen-bond acceptors (Lipinski definition) is 6. The van der Waals surface area contributed by atoms with Gasteiger partial charge in [-0.25, -0.2) is 0 Å². The number of aliphatic hydroxyl groups is 1. The zero-order valence-electron chi connectivity index (χ0n) is 13.2. The van der Waals surface area contributed by atoms with Crippen LogP contribution in [0.5, 0.6) is 0 Å². The smallest absolute Gasteiger partial charge is 0.229 e. The lowest BCUT2D eigenvalue weighted by molar-refractivity contribution is 0.118. The Morgan fingerprint density at radius 2 is 1.82 bits per heavy atom. The van der Waals surface area contributed by atoms with Crippen molar-refractivity contribution >= 4 is 0 Å². The molecule has 2 saturated heterocycles. The number of nitrogens with zero attached hydrogens (tertiary/aromatic N) is 4. The molecule has 0 amide bonds. The van der Waals surface area contributed by atoms with Crippen LogP contribution in [0, 0.1) is 0 Å². The van der Waals surface area contributed by atoms with Crippen molar-refractivity contribution in [1.82, 2.24) is 19.9 Å². The minimum Gasteiger partial charge on any atom is -0.395 e. The maximum atomic E-state index is 9.48. The van der Waals surface area contributed by atoms with Crippen molar-refractivity contribution in [3.63, 3.8) is 0 Å². The topological polar surface area (TPSA) is 65.6 Å². The van der Waals surface area contributed by atoms with E-state index in [0.29, 0.717) is 24.6 Å². The molecule has 1 saturated carbocycles. The standard InChI is InChI=1S/C16H26N4O2/c21-11-14-4-2-7-19(14)9-13-3-1-8-20(13)10-15-17-16(22-18-15)12-5-6-12/h12-14,21H,1-11H2/t13-,14-/m0/s1. The Morgan fingerprint density at radius 3 is 2.59 bits per heavy atom. The third kappa shape index (κ3) is 3.05. The van der Waals surface area contributed by atoms with Crippen LogP contribution in [0.2, 0.25) is 0 Å². The average molecular weight is 306 g/mol. The van der Waals surface area contributed by atoms with Gasteiger partial charge >= 0.3 is 0 Å². The number of aliphatic hydroxyl groups excluding tert-OH is 1. The van der Waals surface area contributed by atoms with Crippen LogP contribution in [0.1, 0.15) is 56.2 Å². The fourth-order valence-electron chi connectivity index (χ4n) is 3.93. The molecule has 4 rings (SSSR count). The largest absolute Gasteiger partial charge is 0.395 e. The van der Waals surface area contributed by atoms with Crippen LogP contribution >= 0.6 is 0 Å². The summed E-state index contributed by atoms with van der Waals surface area (Å²) >= 11 is 0. The van der Waals surface area contributed by atoms with Crippen LogP contribution in [0.15, 0.2) is 4.52 Å². The Morgan fingerprint density at radius 1 is 1.05 bits per heavy atom. The second kappa shape index (κ2) is 6.26. The van der Waals surface area contributed by atoms with Gasteiger partial charge in [0.2, 0.25) is 5.89 Å². The van der Waals surface area contributed by atoms with Gasteiger partial charge in [-0.2, -0.15) is 4.98 Å². The molecule has 0 bridgehead atoms. The molecule has 1 N–H and O–H groups in total. The van der Waals surface area contributed by atoms with Crippen molar-refractivity contribution in [2.24, 2.45) is 0 Å². The van der Waals surface area contributed by atoms with Crippen LogP contribution in [-0.2, 0) is 6.54 Å². The summed E-state index contributed by atoms with van der Waals surface area (Å²) in [5.41, 5.74) is 0. The molecule has 3 heterocycles. The molecular formula is C16H26N4O2. The van der Waals surface area contributed by atoms with Crippen LogP contribution in [0.25, 0.3) is 0 Å². The summed E-state index contributed by atoms with van der Waals surface area (Å²) in [6, 6.07) is 0.934. The number of likely N-dealkylation sites (tertiary alicyclic amines) is 2. The lowest BCUT2D eigenvalue weighted by Gasteiger charge is -2.30. The Kier molecular flexibility index (Phi) is 4.15. The zero-order chi connectivity index (χ0) is 14.9. The first kappa shape index (κ1) is 14.6. The van der Waals surface area contributed by atoms with E-state index in [4.69, 9.17) is 4.52 Å². The third-order valence-corrected chi connectivity index (χ3v) is 5.41. The maximum Gasteiger partial charge on any atom is 0.229 e. The van der Waals surface area contributed by atoms with Gasteiger partial charge in [-0.05, 0) is 51.6 Å². The highest BCUT2D eigenvalue weighted by Crippen LogP contribution is 2.39. The second-order valence-electron chi connectivity index (χ2n) is 7.06. The average Bonchev–Trinajstić information content (AvgIpc) is 2.94. The van der Waals surface area contributed by atoms with Crippen LogP contribution < -0.4 is 0 Å². The van der Waals surface area contributed by atoms with E-state index in [9.17, 15) is 5.11 Å². The van der Waals surface area contributed by atoms with Gasteiger partial charge in [0, 0.05) is 24.5 Å². The Labute approximate surface area is 131 Å². The summed E-state index contributed by atoms with van der Waals surface area (Å²) in [6.45, 7) is 4.42. The maximum absolute atomic E-state index is 9.48. The summed E-state index contributed by atoms with van der Waals surface area (Å²) in [5.74, 6) is 2.21. The molecule has 1 aliphatic carbocycles. The van der Waals surface area contributed by atoms with Crippen molar-refractivity contribution < 1.29 is 9.63 Å². The van der Waals surface area contributed by atoms with Gasteiger partial charge in [-0.1, -0.05) is 5.16 Å². The van der Waals surface area contributed by atoms with Crippen LogP contribution in [-0.4, -0.2) is 63.4 Å². The minimum absolute atomic E-state index is 0.294. The minimum atomic E-state index is 0.294. The van der Waals surface area contributed by atoms with Gasteiger partial charge in [0.15, 0.2) is 5.82 Å². The molecule has 122 valence electrons. The quantitative estimate of drug-likeness (QED) is 0.856. The molecule has 2 atom stereocenters. The fourth-order valence-corrected chi connectivity index (χ4v) is 3.93. The summed E-state index contributed by atoms with van der Waals surface area (Å²) < 4.78 is 5.37. The van der Waals surface area contributed by atoms with Crippen molar-refractivity contribution in [2.75, 3.05) is 26.2 Å². The highest BCUT2D eigenvalue weighted by Gasteiger charge is 2.33. The first-order valence-corrected chi connectivity index (χ1v) is 8.75. The van der Waals surface area contributed by atoms with Gasteiger partial charge in [-0.3, -0.25) is 9.80 Å². The highest BCUT2D eigenvalue weighted by molar-refractivity contribution is 5.02. The molecule has 3 aliphatic rings. The first-order valence-electron chi connectivity index (χ1n) is 8.75. The van der Waals surface area contributed by atoms with Gasteiger partial charge in [-0.15, -0.1) is 0 Å². The molecule has 1 aromatic rings. The van der Waals surface area contributed by atoms with Crippen molar-refractivity contribution in [3.8, 4) is 0 Å². The van der Waals surface area contributed by atoms with E-state index in [0.717, 1.165) is 44.3 Å². The summed E-state index contributed by atoms with van der Waals surface area (Å²) in [7, 11) is 0. The Balaban J connectivity index is 1.35. The highest BCUT2D eigenvalue weighted by atomic mass is 16.5. The molecule has 0 spiro atoms. The van der Waals surface area contributed by atoms with E-state index in [1.54, 1.807) is 0 Å². The molecule has 6 nitrogen and oxygen atoms in total. The molecule has 6 heteroatoms. The van der Waals surface area contributed by atoms with E-state index in [2.05, 4.69) is 19.9 Å². The van der Waals surface area contributed by atoms with E-state index in [-0.39, 0.29) is 0 Å². The number of aromatic nitrogens is 2. The normalized spacial score (nSPS) is 30.4. The van der Waals surface area contributed by atoms with Gasteiger partial charge in [0.25, 0.3) is 0 Å². The van der Waals surface area contributed by atoms with Gasteiger partial charge in [0.05, 0.1) is 13.2 Å². The molecular weight excluding hydrogens is 280 g/mol. The van der Waals surface area contributed by atoms with Crippen molar-refractivity contribution in [3.05, 3.63) is 11.7 Å². The Hall–Kier alpha value is -0.980. The number of rotatable bonds is 6. The molecule has 0 radical (unpaired) electrons. The van der Waals surface area contributed by atoms with Crippen molar-refractivity contribution in [1.29, 1.82) is 0 Å². The zero-order valence-corrected chi connectivity index (χ0v) is 13.2. The first-order chi connectivity index (χ1) is 10.8. The monoisotopic (exact) mass is 306 g/mol. The summed E-state index contributed by atoms with van der Waals surface area (Å²) in [4.78, 5) is 9.52. The molecule has 2 aliphatic heterocycles. The molecule has 22 heavy (non-hydrogen) atoms. The molecule has 0 unspecified atom stereocenters. The van der Waals surface area contributed by atoms with E-state index < -0.39 is 0 Å². The molecule has 0 aromatic carbocycles. The lowest BCUT2D eigenvalue weighted by atomic mass is 10.2. The van der Waals surface area contributed by atoms with E-state index in [1.165, 1.54) is 32.1 Å². The lowest BCUT2D eigenvalue weighted by Crippen LogP contribution is -2.43. The summed E-state index contributed by atoms with van der Waals surface area (Å²) in [5, 5.41) is 13.6. The number of hydrogen-bond donors (Lipinski definition) is 1. The van der Waals surface area contributed by atoms with Crippen LogP contribution in [0.4, 0.5) is 0 Å².